The summed E-state index contributed by atoms with van der Waals surface area (Å²) in [6, 6.07) is -0.853. The van der Waals surface area contributed by atoms with Crippen LogP contribution in [0.5, 0.6) is 0 Å². The van der Waals surface area contributed by atoms with Crippen molar-refractivity contribution >= 4 is 11.9 Å². The van der Waals surface area contributed by atoms with Crippen LogP contribution < -0.4 is 5.32 Å². The summed E-state index contributed by atoms with van der Waals surface area (Å²) in [5.41, 5.74) is 0. The topological polar surface area (TPSA) is 58.6 Å². The molecule has 0 bridgehead atoms. The van der Waals surface area contributed by atoms with E-state index in [0.717, 1.165) is 0 Å². The summed E-state index contributed by atoms with van der Waals surface area (Å²) >= 11 is 0. The number of esters is 1. The first kappa shape index (κ1) is 14.9. The van der Waals surface area contributed by atoms with E-state index in [-0.39, 0.29) is 17.9 Å². The molecule has 0 aliphatic rings. The van der Waals surface area contributed by atoms with E-state index in [2.05, 4.69) is 5.32 Å². The van der Waals surface area contributed by atoms with Gasteiger partial charge in [-0.05, 0) is 27.7 Å². The van der Waals surface area contributed by atoms with Crippen molar-refractivity contribution in [1.29, 1.82) is 0 Å². The predicted octanol–water partition coefficient (Wildman–Crippen LogP) is 0.394. The molecule has 2 unspecified atom stereocenters. The number of rotatable bonds is 6. The third-order valence-electron chi connectivity index (χ3n) is 2.36. The average Bonchev–Trinajstić information content (AvgIpc) is 2.26. The maximum Gasteiger partial charge on any atom is 0.322 e. The van der Waals surface area contributed by atoms with Crippen LogP contribution in [0.15, 0.2) is 0 Å². The standard InChI is InChI=1S/C11H22N2O3/c1-6-13(5)10(14)8(3)12-9(4)11(15)16-7-2/h8-9,12H,6-7H2,1-5H3. The summed E-state index contributed by atoms with van der Waals surface area (Å²) in [5, 5.41) is 2.91. The van der Waals surface area contributed by atoms with E-state index in [9.17, 15) is 9.59 Å². The van der Waals surface area contributed by atoms with E-state index in [0.29, 0.717) is 13.2 Å². The van der Waals surface area contributed by atoms with Crippen LogP contribution >= 0.6 is 0 Å². The van der Waals surface area contributed by atoms with Crippen LogP contribution in [0.3, 0.4) is 0 Å². The monoisotopic (exact) mass is 230 g/mol. The van der Waals surface area contributed by atoms with Crippen LogP contribution in [0, 0.1) is 0 Å². The van der Waals surface area contributed by atoms with E-state index < -0.39 is 6.04 Å². The first-order valence-corrected chi connectivity index (χ1v) is 5.61. The average molecular weight is 230 g/mol. The van der Waals surface area contributed by atoms with Crippen molar-refractivity contribution < 1.29 is 14.3 Å². The molecular formula is C11H22N2O3. The number of carbonyl (C=O) groups excluding carboxylic acids is 2. The van der Waals surface area contributed by atoms with Gasteiger partial charge in [0.1, 0.15) is 6.04 Å². The van der Waals surface area contributed by atoms with Gasteiger partial charge in [0, 0.05) is 13.6 Å². The zero-order chi connectivity index (χ0) is 12.7. The molecule has 0 spiro atoms. The van der Waals surface area contributed by atoms with E-state index in [1.54, 1.807) is 32.7 Å². The van der Waals surface area contributed by atoms with Gasteiger partial charge in [0.05, 0.1) is 12.6 Å². The molecule has 0 rings (SSSR count). The first-order chi connectivity index (χ1) is 7.43. The molecule has 0 radical (unpaired) electrons. The highest BCUT2D eigenvalue weighted by molar-refractivity contribution is 5.82. The lowest BCUT2D eigenvalue weighted by molar-refractivity contribution is -0.145. The number of hydrogen-bond acceptors (Lipinski definition) is 4. The van der Waals surface area contributed by atoms with Crippen molar-refractivity contribution in [2.45, 2.75) is 39.8 Å². The highest BCUT2D eigenvalue weighted by atomic mass is 16.5. The molecule has 0 aromatic carbocycles. The number of hydrogen-bond donors (Lipinski definition) is 1. The number of nitrogens with one attached hydrogen (secondary N) is 1. The lowest BCUT2D eigenvalue weighted by Crippen LogP contribution is -2.49. The number of ether oxygens (including phenoxy) is 1. The lowest BCUT2D eigenvalue weighted by atomic mass is 10.2. The van der Waals surface area contributed by atoms with Crippen molar-refractivity contribution in [2.24, 2.45) is 0 Å². The Kier molecular flexibility index (Phi) is 6.72. The van der Waals surface area contributed by atoms with Crippen LogP contribution in [-0.2, 0) is 14.3 Å². The van der Waals surface area contributed by atoms with E-state index in [1.165, 1.54) is 0 Å². The molecule has 0 saturated carbocycles. The van der Waals surface area contributed by atoms with Gasteiger partial charge in [0.25, 0.3) is 0 Å². The van der Waals surface area contributed by atoms with Gasteiger partial charge in [-0.15, -0.1) is 0 Å². The Hall–Kier alpha value is -1.10. The molecule has 0 fully saturated rings. The lowest BCUT2D eigenvalue weighted by Gasteiger charge is -2.22. The number of carbonyl (C=O) groups is 2. The van der Waals surface area contributed by atoms with Crippen molar-refractivity contribution in [3.8, 4) is 0 Å². The molecule has 16 heavy (non-hydrogen) atoms. The van der Waals surface area contributed by atoms with Crippen LogP contribution in [0.2, 0.25) is 0 Å². The van der Waals surface area contributed by atoms with Gasteiger partial charge in [-0.2, -0.15) is 0 Å². The molecule has 1 N–H and O–H groups in total. The van der Waals surface area contributed by atoms with Crippen LogP contribution in [0.1, 0.15) is 27.7 Å². The normalized spacial score (nSPS) is 14.1. The Morgan fingerprint density at radius 1 is 1.25 bits per heavy atom. The maximum absolute atomic E-state index is 11.7. The molecule has 0 saturated heterocycles. The summed E-state index contributed by atoms with van der Waals surface area (Å²) in [4.78, 5) is 24.6. The maximum atomic E-state index is 11.7. The van der Waals surface area contributed by atoms with Gasteiger partial charge in [0.15, 0.2) is 0 Å². The van der Waals surface area contributed by atoms with Crippen molar-refractivity contribution in [3.63, 3.8) is 0 Å². The molecule has 0 aliphatic heterocycles. The van der Waals surface area contributed by atoms with Gasteiger partial charge in [-0.25, -0.2) is 0 Å². The van der Waals surface area contributed by atoms with Gasteiger partial charge in [-0.3, -0.25) is 14.9 Å². The highest BCUT2D eigenvalue weighted by Crippen LogP contribution is 1.95. The van der Waals surface area contributed by atoms with Gasteiger partial charge >= 0.3 is 5.97 Å². The number of amides is 1. The summed E-state index contributed by atoms with van der Waals surface area (Å²) in [6.07, 6.45) is 0. The van der Waals surface area contributed by atoms with Crippen LogP contribution in [-0.4, -0.2) is 49.1 Å². The second kappa shape index (κ2) is 7.22. The van der Waals surface area contributed by atoms with Gasteiger partial charge < -0.3 is 9.64 Å². The summed E-state index contributed by atoms with van der Waals surface area (Å²) in [7, 11) is 1.73. The van der Waals surface area contributed by atoms with Gasteiger partial charge in [-0.1, -0.05) is 0 Å². The molecule has 5 nitrogen and oxygen atoms in total. The summed E-state index contributed by atoms with van der Waals surface area (Å²) in [5.74, 6) is -0.361. The Morgan fingerprint density at radius 2 is 1.81 bits per heavy atom. The van der Waals surface area contributed by atoms with Crippen LogP contribution in [0.25, 0.3) is 0 Å². The van der Waals surface area contributed by atoms with E-state index >= 15 is 0 Å². The van der Waals surface area contributed by atoms with Crippen molar-refractivity contribution in [3.05, 3.63) is 0 Å². The molecule has 0 heterocycles. The summed E-state index contributed by atoms with van der Waals surface area (Å²) in [6.45, 7) is 8.09. The van der Waals surface area contributed by atoms with Crippen molar-refractivity contribution in [1.82, 2.24) is 10.2 Å². The molecule has 0 aromatic heterocycles. The smallest absolute Gasteiger partial charge is 0.322 e. The third-order valence-corrected chi connectivity index (χ3v) is 2.36. The fourth-order valence-electron chi connectivity index (χ4n) is 1.27. The Morgan fingerprint density at radius 3 is 2.25 bits per heavy atom. The fourth-order valence-corrected chi connectivity index (χ4v) is 1.27. The molecule has 0 aliphatic carbocycles. The molecular weight excluding hydrogens is 208 g/mol. The Balaban J connectivity index is 4.18. The summed E-state index contributed by atoms with van der Waals surface area (Å²) < 4.78 is 4.84. The zero-order valence-electron chi connectivity index (χ0n) is 10.7. The minimum atomic E-state index is -0.468. The third kappa shape index (κ3) is 4.61. The minimum absolute atomic E-state index is 0.0290. The van der Waals surface area contributed by atoms with E-state index in [1.807, 2.05) is 6.92 Å². The molecule has 5 heteroatoms. The van der Waals surface area contributed by atoms with Gasteiger partial charge in [0.2, 0.25) is 5.91 Å². The van der Waals surface area contributed by atoms with Crippen LogP contribution in [0.4, 0.5) is 0 Å². The second-order valence-electron chi connectivity index (χ2n) is 3.71. The van der Waals surface area contributed by atoms with Crippen molar-refractivity contribution in [2.75, 3.05) is 20.2 Å². The predicted molar refractivity (Wildman–Crippen MR) is 62.0 cm³/mol. The Labute approximate surface area is 97.1 Å². The first-order valence-electron chi connectivity index (χ1n) is 5.61. The number of likely N-dealkylation sites (N-methyl/N-ethyl adjacent to an activating group) is 1. The quantitative estimate of drug-likeness (QED) is 0.671. The zero-order valence-corrected chi connectivity index (χ0v) is 10.7. The molecule has 1 amide bonds. The highest BCUT2D eigenvalue weighted by Gasteiger charge is 2.22. The molecule has 94 valence electrons. The molecule has 2 atom stereocenters. The minimum Gasteiger partial charge on any atom is -0.465 e. The second-order valence-corrected chi connectivity index (χ2v) is 3.71. The fraction of sp³-hybridized carbons (Fsp3) is 0.818. The Bertz CT molecular complexity index is 243. The largest absolute Gasteiger partial charge is 0.465 e. The number of nitrogens with zero attached hydrogens (tertiary/aromatic N) is 1. The SMILES string of the molecule is CCOC(=O)C(C)NC(C)C(=O)N(C)CC. The molecule has 0 aromatic rings. The van der Waals surface area contributed by atoms with E-state index in [4.69, 9.17) is 4.74 Å².